The number of piperidine rings is 1. The van der Waals surface area contributed by atoms with Gasteiger partial charge in [0.1, 0.15) is 11.6 Å². The van der Waals surface area contributed by atoms with Gasteiger partial charge in [0.25, 0.3) is 5.91 Å². The van der Waals surface area contributed by atoms with E-state index in [2.05, 4.69) is 0 Å². The molecule has 2 aliphatic heterocycles. The van der Waals surface area contributed by atoms with Gasteiger partial charge in [-0.25, -0.2) is 5.48 Å². The van der Waals surface area contributed by atoms with E-state index in [1.54, 1.807) is 10.4 Å². The molecular weight excluding hydrogens is 366 g/mol. The van der Waals surface area contributed by atoms with Crippen molar-refractivity contribution in [1.82, 2.24) is 10.4 Å². The molecule has 0 saturated carbocycles. The summed E-state index contributed by atoms with van der Waals surface area (Å²) in [6.07, 6.45) is 4.51. The Morgan fingerprint density at radius 3 is 2.34 bits per heavy atom. The average molecular weight is 393 g/mol. The maximum Gasteiger partial charge on any atom is 0.266 e. The number of nitrogens with one attached hydrogen (secondary N) is 1. The van der Waals surface area contributed by atoms with Crippen LogP contribution in [0.2, 0.25) is 0 Å². The Morgan fingerprint density at radius 1 is 1.00 bits per heavy atom. The number of hydrogen-bond donors (Lipinski definition) is 3. The van der Waals surface area contributed by atoms with Gasteiger partial charge in [0.15, 0.2) is 0 Å². The number of carbonyl (C=O) groups excluding carboxylic acids is 2. The molecule has 2 heterocycles. The van der Waals surface area contributed by atoms with E-state index in [1.165, 1.54) is 0 Å². The lowest BCUT2D eigenvalue weighted by molar-refractivity contribution is -0.154. The normalized spacial score (nSPS) is 27.1. The van der Waals surface area contributed by atoms with Crippen molar-refractivity contribution < 1.29 is 14.8 Å². The first-order valence-corrected chi connectivity index (χ1v) is 10.3. The van der Waals surface area contributed by atoms with E-state index in [0.29, 0.717) is 12.8 Å². The largest absolute Gasteiger partial charge is 0.326 e. The van der Waals surface area contributed by atoms with Gasteiger partial charge in [0.2, 0.25) is 5.91 Å². The molecule has 0 radical (unpaired) electrons. The van der Waals surface area contributed by atoms with Gasteiger partial charge in [0.05, 0.1) is 0 Å². The molecule has 4 rings (SSSR count). The third-order valence-corrected chi connectivity index (χ3v) is 6.40. The standard InChI is InChI=1S/C23H27N3O3/c24-23(18-12-10-17(11-13-18)16-6-2-1-3-7-16)15-14-19-8-4-5-9-20(21(27)25-29)26(19)22(23)28/h1-3,6-7,10-13,19-20,29H,4-5,8-9,14-15,24H2,(H,25,27)/t19?,20-,23-/m1/s1. The summed E-state index contributed by atoms with van der Waals surface area (Å²) in [5, 5.41) is 9.17. The topological polar surface area (TPSA) is 95.7 Å². The highest BCUT2D eigenvalue weighted by molar-refractivity contribution is 5.93. The molecule has 0 spiro atoms. The van der Waals surface area contributed by atoms with Gasteiger partial charge in [-0.05, 0) is 42.4 Å². The van der Waals surface area contributed by atoms with Crippen LogP contribution in [0.3, 0.4) is 0 Å². The fourth-order valence-electron chi connectivity index (χ4n) is 4.76. The van der Waals surface area contributed by atoms with Gasteiger partial charge in [-0.3, -0.25) is 14.8 Å². The van der Waals surface area contributed by atoms with Crippen molar-refractivity contribution in [1.29, 1.82) is 0 Å². The van der Waals surface area contributed by atoms with Crippen molar-refractivity contribution in [2.24, 2.45) is 5.73 Å². The Balaban J connectivity index is 1.65. The molecule has 6 heteroatoms. The van der Waals surface area contributed by atoms with Gasteiger partial charge in [0, 0.05) is 6.04 Å². The predicted octanol–water partition coefficient (Wildman–Crippen LogP) is 2.95. The number of fused-ring (bicyclic) bond motifs is 1. The van der Waals surface area contributed by atoms with Crippen LogP contribution in [-0.4, -0.2) is 34.0 Å². The van der Waals surface area contributed by atoms with Crippen LogP contribution in [0.15, 0.2) is 54.6 Å². The molecular formula is C23H27N3O3. The van der Waals surface area contributed by atoms with Crippen LogP contribution in [0, 0.1) is 0 Å². The third-order valence-electron chi connectivity index (χ3n) is 6.40. The van der Waals surface area contributed by atoms with Crippen LogP contribution in [0.4, 0.5) is 0 Å². The van der Waals surface area contributed by atoms with Crippen molar-refractivity contribution >= 4 is 11.8 Å². The quantitative estimate of drug-likeness (QED) is 0.552. The highest BCUT2D eigenvalue weighted by Gasteiger charge is 2.49. The first-order valence-electron chi connectivity index (χ1n) is 10.3. The summed E-state index contributed by atoms with van der Waals surface area (Å²) in [5.74, 6) is -0.759. The second-order valence-electron chi connectivity index (χ2n) is 8.10. The van der Waals surface area contributed by atoms with E-state index in [4.69, 9.17) is 5.73 Å². The molecule has 2 aromatic rings. The Hall–Kier alpha value is -2.70. The second kappa shape index (κ2) is 7.97. The summed E-state index contributed by atoms with van der Waals surface area (Å²) >= 11 is 0. The van der Waals surface area contributed by atoms with Gasteiger partial charge in [-0.2, -0.15) is 0 Å². The molecule has 3 atom stereocenters. The average Bonchev–Trinajstić information content (AvgIpc) is 2.99. The summed E-state index contributed by atoms with van der Waals surface area (Å²) in [6, 6.07) is 17.2. The molecule has 2 amide bonds. The summed E-state index contributed by atoms with van der Waals surface area (Å²) in [5.41, 5.74) is 10.2. The smallest absolute Gasteiger partial charge is 0.266 e. The molecule has 0 aliphatic carbocycles. The Morgan fingerprint density at radius 2 is 1.66 bits per heavy atom. The fraction of sp³-hybridized carbons (Fsp3) is 0.391. The molecule has 1 unspecified atom stereocenters. The van der Waals surface area contributed by atoms with Gasteiger partial charge in [-0.15, -0.1) is 0 Å². The first-order chi connectivity index (χ1) is 14.0. The Bertz CT molecular complexity index is 884. The number of nitrogens with zero attached hydrogens (tertiary/aromatic N) is 1. The van der Waals surface area contributed by atoms with Crippen LogP contribution in [-0.2, 0) is 15.1 Å². The minimum Gasteiger partial charge on any atom is -0.326 e. The summed E-state index contributed by atoms with van der Waals surface area (Å²) < 4.78 is 0. The molecule has 6 nitrogen and oxygen atoms in total. The number of hydrogen-bond acceptors (Lipinski definition) is 4. The van der Waals surface area contributed by atoms with E-state index < -0.39 is 17.5 Å². The number of hydroxylamine groups is 1. The fourth-order valence-corrected chi connectivity index (χ4v) is 4.76. The molecule has 4 N–H and O–H groups in total. The van der Waals surface area contributed by atoms with E-state index in [9.17, 15) is 14.8 Å². The van der Waals surface area contributed by atoms with Crippen molar-refractivity contribution in [3.05, 3.63) is 60.2 Å². The molecule has 152 valence electrons. The zero-order valence-corrected chi connectivity index (χ0v) is 16.4. The lowest BCUT2D eigenvalue weighted by Crippen LogP contribution is -2.64. The highest BCUT2D eigenvalue weighted by Crippen LogP contribution is 2.39. The lowest BCUT2D eigenvalue weighted by Gasteiger charge is -2.46. The van der Waals surface area contributed by atoms with Crippen LogP contribution in [0.1, 0.15) is 44.1 Å². The maximum absolute atomic E-state index is 13.6. The molecule has 0 bridgehead atoms. The first kappa shape index (κ1) is 19.6. The Kier molecular flexibility index (Phi) is 5.39. The van der Waals surface area contributed by atoms with Crippen molar-refractivity contribution in [3.8, 4) is 11.1 Å². The van der Waals surface area contributed by atoms with Gasteiger partial charge < -0.3 is 10.6 Å². The highest BCUT2D eigenvalue weighted by atomic mass is 16.5. The molecule has 0 aromatic heterocycles. The number of benzene rings is 2. The maximum atomic E-state index is 13.6. The SMILES string of the molecule is N[C@@]1(c2ccc(-c3ccccc3)cc2)CCC2CCCC[C@H](C(=O)NO)N2C1=O. The van der Waals surface area contributed by atoms with Crippen LogP contribution >= 0.6 is 0 Å². The second-order valence-corrected chi connectivity index (χ2v) is 8.10. The minimum absolute atomic E-state index is 0.00688. The van der Waals surface area contributed by atoms with Crippen molar-refractivity contribution in [2.45, 2.75) is 56.1 Å². The zero-order valence-electron chi connectivity index (χ0n) is 16.4. The molecule has 2 saturated heterocycles. The number of amides is 2. The summed E-state index contributed by atoms with van der Waals surface area (Å²) in [7, 11) is 0. The lowest BCUT2D eigenvalue weighted by atomic mass is 9.78. The zero-order chi connectivity index (χ0) is 20.4. The van der Waals surface area contributed by atoms with Crippen LogP contribution < -0.4 is 11.2 Å². The molecule has 2 fully saturated rings. The number of rotatable bonds is 3. The number of nitrogens with two attached hydrogens (primary N) is 1. The minimum atomic E-state index is -1.16. The Labute approximate surface area is 170 Å². The van der Waals surface area contributed by atoms with E-state index in [-0.39, 0.29) is 11.9 Å². The van der Waals surface area contributed by atoms with E-state index >= 15 is 0 Å². The predicted molar refractivity (Wildman–Crippen MR) is 110 cm³/mol. The van der Waals surface area contributed by atoms with E-state index in [0.717, 1.165) is 42.4 Å². The molecule has 2 aromatic carbocycles. The van der Waals surface area contributed by atoms with Gasteiger partial charge >= 0.3 is 0 Å². The monoisotopic (exact) mass is 393 g/mol. The van der Waals surface area contributed by atoms with Crippen LogP contribution in [0.5, 0.6) is 0 Å². The third kappa shape index (κ3) is 3.54. The van der Waals surface area contributed by atoms with Gasteiger partial charge in [-0.1, -0.05) is 67.4 Å². The summed E-state index contributed by atoms with van der Waals surface area (Å²) in [4.78, 5) is 27.5. The van der Waals surface area contributed by atoms with Crippen molar-refractivity contribution in [2.75, 3.05) is 0 Å². The van der Waals surface area contributed by atoms with Crippen molar-refractivity contribution in [3.63, 3.8) is 0 Å². The van der Waals surface area contributed by atoms with E-state index in [1.807, 2.05) is 54.6 Å². The molecule has 2 aliphatic rings. The van der Waals surface area contributed by atoms with Crippen LogP contribution in [0.25, 0.3) is 11.1 Å². The summed E-state index contributed by atoms with van der Waals surface area (Å²) in [6.45, 7) is 0. The number of carbonyl (C=O) groups is 2. The molecule has 29 heavy (non-hydrogen) atoms.